The summed E-state index contributed by atoms with van der Waals surface area (Å²) in [5.41, 5.74) is 2.94. The predicted molar refractivity (Wildman–Crippen MR) is 146 cm³/mol. The number of nitrogens with one attached hydrogen (secondary N) is 1. The van der Waals surface area contributed by atoms with Gasteiger partial charge < -0.3 is 24.4 Å². The van der Waals surface area contributed by atoms with Crippen LogP contribution in [0.15, 0.2) is 35.1 Å². The maximum Gasteiger partial charge on any atom is 0.410 e. The van der Waals surface area contributed by atoms with Crippen molar-refractivity contribution < 1.29 is 23.2 Å². The average molecular weight is 551 g/mol. The fourth-order valence-corrected chi connectivity index (χ4v) is 4.67. The summed E-state index contributed by atoms with van der Waals surface area (Å²) in [5.74, 6) is -0.312. The number of carbonyl (C=O) groups excluding carboxylic acids is 2. The lowest BCUT2D eigenvalue weighted by molar-refractivity contribution is 0.0240. The summed E-state index contributed by atoms with van der Waals surface area (Å²) in [4.78, 5) is 37.1. The Labute approximate surface area is 232 Å². The third kappa shape index (κ3) is 5.93. The van der Waals surface area contributed by atoms with Crippen molar-refractivity contribution in [3.8, 4) is 11.1 Å². The van der Waals surface area contributed by atoms with Crippen LogP contribution in [0.1, 0.15) is 68.2 Å². The molecule has 2 aliphatic rings. The van der Waals surface area contributed by atoms with Gasteiger partial charge in [0.1, 0.15) is 5.60 Å². The number of ether oxygens (including phenoxy) is 1. The number of nitrogens with zero attached hydrogens (tertiary/aromatic N) is 5. The van der Waals surface area contributed by atoms with Crippen LogP contribution < -0.4 is 10.2 Å². The fraction of sp³-hybridized carbons (Fsp3) is 0.483. The number of anilines is 1. The number of rotatable bonds is 6. The van der Waals surface area contributed by atoms with Crippen molar-refractivity contribution in [1.82, 2.24) is 25.3 Å². The van der Waals surface area contributed by atoms with Gasteiger partial charge in [-0.1, -0.05) is 30.3 Å². The van der Waals surface area contributed by atoms with Crippen molar-refractivity contribution in [3.63, 3.8) is 0 Å². The molecule has 1 N–H and O–H groups in total. The van der Waals surface area contributed by atoms with Crippen molar-refractivity contribution in [1.29, 1.82) is 0 Å². The van der Waals surface area contributed by atoms with Gasteiger partial charge >= 0.3 is 6.09 Å². The summed E-state index contributed by atoms with van der Waals surface area (Å²) in [7, 11) is 0. The maximum atomic E-state index is 15.2. The number of benzene rings is 1. The molecule has 0 unspecified atom stereocenters. The molecule has 2 amide bonds. The largest absolute Gasteiger partial charge is 0.444 e. The molecule has 3 heterocycles. The van der Waals surface area contributed by atoms with Gasteiger partial charge in [-0.05, 0) is 57.2 Å². The first-order chi connectivity index (χ1) is 18.9. The topological polar surface area (TPSA) is 114 Å². The highest BCUT2D eigenvalue weighted by molar-refractivity contribution is 5.90. The molecule has 0 radical (unpaired) electrons. The Balaban J connectivity index is 1.26. The molecule has 11 heteroatoms. The summed E-state index contributed by atoms with van der Waals surface area (Å²) >= 11 is 0. The zero-order valence-electron chi connectivity index (χ0n) is 23.6. The quantitative estimate of drug-likeness (QED) is 0.473. The van der Waals surface area contributed by atoms with Crippen molar-refractivity contribution in [2.45, 2.75) is 65.0 Å². The van der Waals surface area contributed by atoms with Gasteiger partial charge in [0.15, 0.2) is 5.82 Å². The van der Waals surface area contributed by atoms with Gasteiger partial charge in [-0.2, -0.15) is 4.98 Å². The fourth-order valence-electron chi connectivity index (χ4n) is 4.67. The molecule has 1 saturated heterocycles. The molecule has 2 fully saturated rings. The van der Waals surface area contributed by atoms with Gasteiger partial charge in [-0.3, -0.25) is 9.78 Å². The first-order valence-electron chi connectivity index (χ1n) is 13.5. The summed E-state index contributed by atoms with van der Waals surface area (Å²) in [6.45, 7) is 11.7. The van der Waals surface area contributed by atoms with E-state index in [-0.39, 0.29) is 23.9 Å². The molecule has 1 saturated carbocycles. The standard InChI is InChI=1S/C29H35FN6O4/c1-18-14-19(6-7-20(18)15-32-25(37)24-33-26(40-34-24)29(5)8-9-29)23-21(30)16-31-17-22(23)35-10-12-36(13-11-35)27(38)39-28(2,3)4/h6-7,14,16-17H,8-13,15H2,1-5H3,(H,32,37). The Morgan fingerprint density at radius 3 is 2.52 bits per heavy atom. The first-order valence-corrected chi connectivity index (χ1v) is 13.5. The summed E-state index contributed by atoms with van der Waals surface area (Å²) in [5, 5.41) is 6.67. The van der Waals surface area contributed by atoms with Crippen LogP contribution >= 0.6 is 0 Å². The lowest BCUT2D eigenvalue weighted by Gasteiger charge is -2.37. The first kappa shape index (κ1) is 27.5. The van der Waals surface area contributed by atoms with Crippen molar-refractivity contribution >= 4 is 17.7 Å². The number of hydrogen-bond donors (Lipinski definition) is 1. The molecule has 40 heavy (non-hydrogen) atoms. The highest BCUT2D eigenvalue weighted by atomic mass is 19.1. The van der Waals surface area contributed by atoms with Gasteiger partial charge in [-0.15, -0.1) is 0 Å². The number of piperazine rings is 1. The molecule has 1 aliphatic heterocycles. The minimum Gasteiger partial charge on any atom is -0.444 e. The average Bonchev–Trinajstić information content (AvgIpc) is 3.44. The number of aromatic nitrogens is 3. The van der Waals surface area contributed by atoms with Crippen molar-refractivity contribution in [2.24, 2.45) is 0 Å². The lowest BCUT2D eigenvalue weighted by Crippen LogP contribution is -2.50. The second kappa shape index (κ2) is 10.5. The van der Waals surface area contributed by atoms with E-state index in [4.69, 9.17) is 9.26 Å². The normalized spacial score (nSPS) is 16.6. The summed E-state index contributed by atoms with van der Waals surface area (Å²) in [6, 6.07) is 5.62. The van der Waals surface area contributed by atoms with Crippen molar-refractivity contribution in [2.75, 3.05) is 31.1 Å². The molecule has 0 bridgehead atoms. The van der Waals surface area contributed by atoms with Gasteiger partial charge in [0, 0.05) is 43.7 Å². The molecule has 0 atom stereocenters. The lowest BCUT2D eigenvalue weighted by atomic mass is 9.98. The number of halogens is 1. The summed E-state index contributed by atoms with van der Waals surface area (Å²) < 4.78 is 26.0. The van der Waals surface area contributed by atoms with Crippen LogP contribution in [0, 0.1) is 12.7 Å². The van der Waals surface area contributed by atoms with Crippen LogP contribution in [-0.2, 0) is 16.7 Å². The molecule has 1 aliphatic carbocycles. The Morgan fingerprint density at radius 1 is 1.15 bits per heavy atom. The second-order valence-corrected chi connectivity index (χ2v) is 11.8. The van der Waals surface area contributed by atoms with Crippen LogP contribution in [0.4, 0.5) is 14.9 Å². The van der Waals surface area contributed by atoms with E-state index < -0.39 is 17.3 Å². The van der Waals surface area contributed by atoms with Gasteiger partial charge in [0.05, 0.1) is 18.1 Å². The van der Waals surface area contributed by atoms with Crippen LogP contribution in [0.25, 0.3) is 11.1 Å². The molecule has 3 aromatic rings. The van der Waals surface area contributed by atoms with Crippen LogP contribution in [0.2, 0.25) is 0 Å². The zero-order chi connectivity index (χ0) is 28.7. The molecule has 10 nitrogen and oxygen atoms in total. The molecule has 5 rings (SSSR count). The number of hydrogen-bond acceptors (Lipinski definition) is 8. The van der Waals surface area contributed by atoms with Crippen LogP contribution in [0.3, 0.4) is 0 Å². The molecular formula is C29H35FN6O4. The molecular weight excluding hydrogens is 515 g/mol. The van der Waals surface area contributed by atoms with Crippen LogP contribution in [0.5, 0.6) is 0 Å². The van der Waals surface area contributed by atoms with E-state index in [0.717, 1.165) is 24.0 Å². The molecule has 212 valence electrons. The van der Waals surface area contributed by atoms with Gasteiger partial charge in [0.2, 0.25) is 5.89 Å². The number of pyridine rings is 1. The zero-order valence-corrected chi connectivity index (χ0v) is 23.6. The summed E-state index contributed by atoms with van der Waals surface area (Å²) in [6.07, 6.45) is 4.47. The van der Waals surface area contributed by atoms with E-state index in [1.165, 1.54) is 6.20 Å². The van der Waals surface area contributed by atoms with E-state index in [0.29, 0.717) is 48.9 Å². The smallest absolute Gasteiger partial charge is 0.410 e. The number of amides is 2. The SMILES string of the molecule is Cc1cc(-c2c(F)cncc2N2CCN(C(=O)OC(C)(C)C)CC2)ccc1CNC(=O)c1noc(C2(C)CC2)n1. The minimum absolute atomic E-state index is 0.0210. The number of carbonyl (C=O) groups is 2. The maximum absolute atomic E-state index is 15.2. The second-order valence-electron chi connectivity index (χ2n) is 11.8. The molecule has 1 aromatic carbocycles. The Morgan fingerprint density at radius 2 is 1.88 bits per heavy atom. The predicted octanol–water partition coefficient (Wildman–Crippen LogP) is 4.62. The van der Waals surface area contributed by atoms with E-state index >= 15 is 4.39 Å². The molecule has 0 spiro atoms. The Bertz CT molecular complexity index is 1420. The van der Waals surface area contributed by atoms with E-state index in [1.807, 2.05) is 57.7 Å². The third-order valence-electron chi connectivity index (χ3n) is 7.37. The monoisotopic (exact) mass is 550 g/mol. The Kier molecular flexibility index (Phi) is 7.24. The molecule has 2 aromatic heterocycles. The van der Waals surface area contributed by atoms with E-state index in [2.05, 4.69) is 20.4 Å². The Hall–Kier alpha value is -4.02. The highest BCUT2D eigenvalue weighted by Gasteiger charge is 2.45. The highest BCUT2D eigenvalue weighted by Crippen LogP contribution is 2.46. The van der Waals surface area contributed by atoms with E-state index in [9.17, 15) is 9.59 Å². The van der Waals surface area contributed by atoms with Crippen molar-refractivity contribution in [3.05, 3.63) is 59.3 Å². The third-order valence-corrected chi connectivity index (χ3v) is 7.37. The van der Waals surface area contributed by atoms with Crippen LogP contribution in [-0.4, -0.2) is 63.8 Å². The van der Waals surface area contributed by atoms with E-state index in [1.54, 1.807) is 11.1 Å². The van der Waals surface area contributed by atoms with Gasteiger partial charge in [0.25, 0.3) is 11.7 Å². The minimum atomic E-state index is -0.564. The van der Waals surface area contributed by atoms with Gasteiger partial charge in [-0.25, -0.2) is 9.18 Å². The number of aryl methyl sites for hydroxylation is 1.